The van der Waals surface area contributed by atoms with E-state index in [0.717, 1.165) is 30.5 Å². The van der Waals surface area contributed by atoms with Gasteiger partial charge in [-0.25, -0.2) is 0 Å². The van der Waals surface area contributed by atoms with E-state index in [2.05, 4.69) is 36.0 Å². The molecule has 20 heavy (non-hydrogen) atoms. The average molecular weight is 272 g/mol. The number of nitrogens with zero attached hydrogens (tertiary/aromatic N) is 1. The Labute approximate surface area is 118 Å². The van der Waals surface area contributed by atoms with Crippen LogP contribution in [0.15, 0.2) is 12.1 Å². The maximum Gasteiger partial charge on any atom is 0.231 e. The Bertz CT molecular complexity index is 671. The number of ether oxygens (including phenoxy) is 2. The van der Waals surface area contributed by atoms with Crippen LogP contribution in [0.3, 0.4) is 0 Å². The summed E-state index contributed by atoms with van der Waals surface area (Å²) in [5.41, 5.74) is 3.99. The van der Waals surface area contributed by atoms with E-state index in [1.165, 1.54) is 35.0 Å². The number of aryl methyl sites for hydroxylation is 1. The molecule has 2 heterocycles. The van der Waals surface area contributed by atoms with Crippen LogP contribution in [-0.4, -0.2) is 23.9 Å². The smallest absolute Gasteiger partial charge is 0.231 e. The van der Waals surface area contributed by atoms with Crippen LogP contribution >= 0.6 is 0 Å². The molecular weight excluding hydrogens is 252 g/mol. The van der Waals surface area contributed by atoms with Crippen LogP contribution in [-0.2, 0) is 13.5 Å². The van der Waals surface area contributed by atoms with Crippen LogP contribution < -0.4 is 14.8 Å². The van der Waals surface area contributed by atoms with Crippen LogP contribution in [0.25, 0.3) is 10.9 Å². The van der Waals surface area contributed by atoms with Gasteiger partial charge in [0.05, 0.1) is 5.52 Å². The molecule has 4 heteroatoms. The molecule has 0 spiro atoms. The molecule has 0 bridgehead atoms. The zero-order valence-corrected chi connectivity index (χ0v) is 12.0. The van der Waals surface area contributed by atoms with E-state index in [1.54, 1.807) is 0 Å². The Morgan fingerprint density at radius 2 is 2.00 bits per heavy atom. The van der Waals surface area contributed by atoms with E-state index in [0.29, 0.717) is 6.79 Å². The van der Waals surface area contributed by atoms with Gasteiger partial charge in [0.15, 0.2) is 11.5 Å². The monoisotopic (exact) mass is 272 g/mol. The van der Waals surface area contributed by atoms with Gasteiger partial charge in [0.1, 0.15) is 0 Å². The van der Waals surface area contributed by atoms with Gasteiger partial charge in [-0.3, -0.25) is 0 Å². The molecule has 0 saturated heterocycles. The third-order valence-electron chi connectivity index (χ3n) is 4.50. The van der Waals surface area contributed by atoms with Crippen molar-refractivity contribution in [2.45, 2.75) is 32.2 Å². The van der Waals surface area contributed by atoms with E-state index >= 15 is 0 Å². The van der Waals surface area contributed by atoms with Crippen molar-refractivity contribution >= 4 is 10.9 Å². The highest BCUT2D eigenvalue weighted by molar-refractivity contribution is 5.89. The van der Waals surface area contributed by atoms with Gasteiger partial charge in [-0.15, -0.1) is 0 Å². The van der Waals surface area contributed by atoms with Crippen LogP contribution in [0.1, 0.15) is 24.1 Å². The molecule has 0 unspecified atom stereocenters. The first-order valence-electron chi connectivity index (χ1n) is 7.35. The van der Waals surface area contributed by atoms with Gasteiger partial charge in [-0.2, -0.15) is 0 Å². The van der Waals surface area contributed by atoms with Crippen molar-refractivity contribution in [3.8, 4) is 11.5 Å². The molecule has 0 atom stereocenters. The maximum absolute atomic E-state index is 5.52. The third kappa shape index (κ3) is 1.86. The predicted molar refractivity (Wildman–Crippen MR) is 78.5 cm³/mol. The summed E-state index contributed by atoms with van der Waals surface area (Å²) < 4.78 is 13.3. The number of hydrogen-bond donors (Lipinski definition) is 1. The molecule has 4 rings (SSSR count). The zero-order valence-electron chi connectivity index (χ0n) is 12.0. The lowest BCUT2D eigenvalue weighted by molar-refractivity contribution is 0.174. The van der Waals surface area contributed by atoms with Crippen molar-refractivity contribution in [3.05, 3.63) is 23.4 Å². The van der Waals surface area contributed by atoms with E-state index in [9.17, 15) is 0 Å². The third-order valence-corrected chi connectivity index (χ3v) is 4.50. The summed E-state index contributed by atoms with van der Waals surface area (Å²) in [6.07, 6.45) is 3.75. The second kappa shape index (κ2) is 4.42. The van der Waals surface area contributed by atoms with Crippen molar-refractivity contribution in [1.82, 2.24) is 9.88 Å². The second-order valence-corrected chi connectivity index (χ2v) is 5.82. The van der Waals surface area contributed by atoms with Gasteiger partial charge in [-0.1, -0.05) is 0 Å². The molecule has 1 aliphatic heterocycles. The zero-order chi connectivity index (χ0) is 13.7. The van der Waals surface area contributed by atoms with Crippen molar-refractivity contribution in [1.29, 1.82) is 0 Å². The number of aromatic nitrogens is 1. The number of rotatable bonds is 4. The van der Waals surface area contributed by atoms with Gasteiger partial charge in [0.2, 0.25) is 6.79 Å². The van der Waals surface area contributed by atoms with Gasteiger partial charge in [0.25, 0.3) is 0 Å². The Kier molecular flexibility index (Phi) is 2.67. The molecule has 4 nitrogen and oxygen atoms in total. The molecule has 106 valence electrons. The highest BCUT2D eigenvalue weighted by Crippen LogP contribution is 2.38. The Morgan fingerprint density at radius 3 is 2.75 bits per heavy atom. The van der Waals surface area contributed by atoms with E-state index in [-0.39, 0.29) is 0 Å². The summed E-state index contributed by atoms with van der Waals surface area (Å²) in [6.45, 7) is 3.58. The molecule has 1 fully saturated rings. The Morgan fingerprint density at radius 1 is 1.25 bits per heavy atom. The highest BCUT2D eigenvalue weighted by Gasteiger charge is 2.22. The van der Waals surface area contributed by atoms with Crippen LogP contribution in [0.5, 0.6) is 11.5 Å². The molecule has 2 aromatic rings. The van der Waals surface area contributed by atoms with Gasteiger partial charge < -0.3 is 19.4 Å². The summed E-state index contributed by atoms with van der Waals surface area (Å²) in [5, 5.41) is 4.89. The molecule has 0 radical (unpaired) electrons. The lowest BCUT2D eigenvalue weighted by atomic mass is 10.1. The molecule has 1 aromatic heterocycles. The fraction of sp³-hybridized carbons (Fsp3) is 0.500. The first-order valence-corrected chi connectivity index (χ1v) is 7.35. The molecule has 1 saturated carbocycles. The maximum atomic E-state index is 5.52. The minimum atomic E-state index is 0.337. The number of benzene rings is 1. The van der Waals surface area contributed by atoms with Gasteiger partial charge in [-0.05, 0) is 44.4 Å². The van der Waals surface area contributed by atoms with Crippen molar-refractivity contribution in [2.24, 2.45) is 7.05 Å². The first kappa shape index (κ1) is 12.1. The largest absolute Gasteiger partial charge is 0.454 e. The Balaban J connectivity index is 1.72. The van der Waals surface area contributed by atoms with Crippen molar-refractivity contribution < 1.29 is 9.47 Å². The minimum Gasteiger partial charge on any atom is -0.454 e. The van der Waals surface area contributed by atoms with Crippen LogP contribution in [0.2, 0.25) is 0 Å². The summed E-state index contributed by atoms with van der Waals surface area (Å²) in [4.78, 5) is 0. The van der Waals surface area contributed by atoms with E-state index < -0.39 is 0 Å². The summed E-state index contributed by atoms with van der Waals surface area (Å²) in [6, 6.07) is 5.01. The molecule has 1 N–H and O–H groups in total. The summed E-state index contributed by atoms with van der Waals surface area (Å²) >= 11 is 0. The predicted octanol–water partition coefficient (Wildman–Crippen LogP) is 2.51. The minimum absolute atomic E-state index is 0.337. The number of hydrogen-bond acceptors (Lipinski definition) is 3. The van der Waals surface area contributed by atoms with Gasteiger partial charge in [0, 0.05) is 30.2 Å². The molecule has 1 aromatic carbocycles. The fourth-order valence-corrected chi connectivity index (χ4v) is 3.03. The topological polar surface area (TPSA) is 35.4 Å². The van der Waals surface area contributed by atoms with Gasteiger partial charge >= 0.3 is 0 Å². The quantitative estimate of drug-likeness (QED) is 0.929. The van der Waals surface area contributed by atoms with E-state index in [1.807, 2.05) is 0 Å². The molecule has 2 aliphatic rings. The standard InChI is InChI=1S/C16H20N2O2/c1-10-12(5-6-17-11-3-4-11)13-7-15-16(20-9-19-15)8-14(13)18(10)2/h7-8,11,17H,3-6,9H2,1-2H3. The summed E-state index contributed by atoms with van der Waals surface area (Å²) in [7, 11) is 2.12. The normalized spacial score (nSPS) is 17.1. The van der Waals surface area contributed by atoms with Crippen molar-refractivity contribution in [2.75, 3.05) is 13.3 Å². The van der Waals surface area contributed by atoms with Crippen LogP contribution in [0, 0.1) is 6.92 Å². The highest BCUT2D eigenvalue weighted by atomic mass is 16.7. The second-order valence-electron chi connectivity index (χ2n) is 5.82. The molecular formula is C16H20N2O2. The molecule has 0 amide bonds. The van der Waals surface area contributed by atoms with Crippen LogP contribution in [0.4, 0.5) is 0 Å². The average Bonchev–Trinajstić information content (AvgIpc) is 3.11. The number of nitrogens with one attached hydrogen (secondary N) is 1. The Hall–Kier alpha value is -1.68. The van der Waals surface area contributed by atoms with E-state index in [4.69, 9.17) is 9.47 Å². The fourth-order valence-electron chi connectivity index (χ4n) is 3.03. The molecule has 1 aliphatic carbocycles. The number of fused-ring (bicyclic) bond motifs is 2. The lowest BCUT2D eigenvalue weighted by Crippen LogP contribution is -2.19. The van der Waals surface area contributed by atoms with Crippen molar-refractivity contribution in [3.63, 3.8) is 0 Å². The SMILES string of the molecule is Cc1c(CCNC2CC2)c2cc3c(cc2n1C)OCO3. The summed E-state index contributed by atoms with van der Waals surface area (Å²) in [5.74, 6) is 1.74. The first-order chi connectivity index (χ1) is 9.74. The lowest BCUT2D eigenvalue weighted by Gasteiger charge is -2.04.